The van der Waals surface area contributed by atoms with Gasteiger partial charge in [-0.15, -0.1) is 0 Å². The van der Waals surface area contributed by atoms with Crippen molar-refractivity contribution in [2.45, 2.75) is 32.1 Å². The molecule has 1 aromatic carbocycles. The Morgan fingerprint density at radius 1 is 1.22 bits per heavy atom. The van der Waals surface area contributed by atoms with Gasteiger partial charge in [-0.1, -0.05) is 12.1 Å². The molecule has 0 amide bonds. The zero-order chi connectivity index (χ0) is 17.5. The number of sulfone groups is 1. The van der Waals surface area contributed by atoms with Crippen molar-refractivity contribution >= 4 is 15.8 Å². The fourth-order valence-electron chi connectivity index (χ4n) is 1.67. The van der Waals surface area contributed by atoms with Crippen LogP contribution in [-0.2, 0) is 16.4 Å². The lowest BCUT2D eigenvalue weighted by atomic mass is 10.2. The molecule has 0 bridgehead atoms. The molecule has 0 aliphatic carbocycles. The zero-order valence-corrected chi connectivity index (χ0v) is 15.3. The van der Waals surface area contributed by atoms with E-state index >= 15 is 0 Å². The van der Waals surface area contributed by atoms with E-state index in [-0.39, 0.29) is 0 Å². The van der Waals surface area contributed by atoms with E-state index in [0.29, 0.717) is 25.6 Å². The maximum absolute atomic E-state index is 11.8. The predicted octanol–water partition coefficient (Wildman–Crippen LogP) is 1.57. The topological polar surface area (TPSA) is 79.8 Å². The lowest BCUT2D eigenvalue weighted by Gasteiger charge is -2.24. The quantitative estimate of drug-likeness (QED) is 0.581. The van der Waals surface area contributed by atoms with Gasteiger partial charge in [0.2, 0.25) is 0 Å². The molecule has 1 rings (SSSR count). The second kappa shape index (κ2) is 8.19. The van der Waals surface area contributed by atoms with E-state index in [0.717, 1.165) is 11.3 Å². The maximum Gasteiger partial charge on any atom is 0.191 e. The van der Waals surface area contributed by atoms with Crippen LogP contribution in [0.2, 0.25) is 0 Å². The summed E-state index contributed by atoms with van der Waals surface area (Å²) in [5.74, 6) is 1.40. The SMILES string of the molecule is CCNC(=NCc1ccc(OC)cc1)NCC(C)(C)S(C)(=O)=O. The summed E-state index contributed by atoms with van der Waals surface area (Å²) >= 11 is 0. The van der Waals surface area contributed by atoms with Crippen LogP contribution in [-0.4, -0.2) is 45.6 Å². The number of benzene rings is 1. The molecule has 130 valence electrons. The number of aliphatic imine (C=N–C) groups is 1. The molecule has 7 heteroatoms. The first-order valence-electron chi connectivity index (χ1n) is 7.54. The molecule has 0 saturated carbocycles. The van der Waals surface area contributed by atoms with E-state index in [1.165, 1.54) is 6.26 Å². The predicted molar refractivity (Wildman–Crippen MR) is 94.7 cm³/mol. The fourth-order valence-corrected chi connectivity index (χ4v) is 2.01. The molecule has 0 heterocycles. The van der Waals surface area contributed by atoms with Gasteiger partial charge in [0.15, 0.2) is 15.8 Å². The third-order valence-electron chi connectivity index (χ3n) is 3.61. The van der Waals surface area contributed by atoms with Crippen molar-refractivity contribution in [1.29, 1.82) is 0 Å². The summed E-state index contributed by atoms with van der Waals surface area (Å²) in [6.45, 7) is 6.85. The minimum atomic E-state index is -3.15. The van der Waals surface area contributed by atoms with Gasteiger partial charge in [-0.2, -0.15) is 0 Å². The van der Waals surface area contributed by atoms with E-state index in [4.69, 9.17) is 4.74 Å². The lowest BCUT2D eigenvalue weighted by Crippen LogP contribution is -2.47. The van der Waals surface area contributed by atoms with Crippen LogP contribution in [0.5, 0.6) is 5.75 Å². The Morgan fingerprint density at radius 2 is 1.83 bits per heavy atom. The summed E-state index contributed by atoms with van der Waals surface area (Å²) in [5.41, 5.74) is 1.05. The molecule has 0 aliphatic rings. The van der Waals surface area contributed by atoms with Crippen molar-refractivity contribution in [1.82, 2.24) is 10.6 Å². The second-order valence-corrected chi connectivity index (χ2v) is 8.58. The largest absolute Gasteiger partial charge is 0.497 e. The Bertz CT molecular complexity index is 622. The average Bonchev–Trinajstić information content (AvgIpc) is 2.49. The van der Waals surface area contributed by atoms with Gasteiger partial charge >= 0.3 is 0 Å². The van der Waals surface area contributed by atoms with Crippen LogP contribution in [0.4, 0.5) is 0 Å². The highest BCUT2D eigenvalue weighted by molar-refractivity contribution is 7.92. The van der Waals surface area contributed by atoms with Gasteiger partial charge in [0.05, 0.1) is 18.4 Å². The van der Waals surface area contributed by atoms with Crippen molar-refractivity contribution in [3.63, 3.8) is 0 Å². The zero-order valence-electron chi connectivity index (χ0n) is 14.5. The van der Waals surface area contributed by atoms with E-state index in [1.807, 2.05) is 31.2 Å². The normalized spacial score (nSPS) is 12.8. The highest BCUT2D eigenvalue weighted by Crippen LogP contribution is 2.14. The van der Waals surface area contributed by atoms with Crippen molar-refractivity contribution in [2.24, 2.45) is 4.99 Å². The number of rotatable bonds is 7. The Kier molecular flexibility index (Phi) is 6.87. The van der Waals surface area contributed by atoms with Crippen LogP contribution in [0.15, 0.2) is 29.3 Å². The van der Waals surface area contributed by atoms with Crippen molar-refractivity contribution in [3.05, 3.63) is 29.8 Å². The Balaban J connectivity index is 2.73. The molecular formula is C16H27N3O3S. The number of guanidine groups is 1. The molecule has 23 heavy (non-hydrogen) atoms. The van der Waals surface area contributed by atoms with E-state index in [2.05, 4.69) is 15.6 Å². The van der Waals surface area contributed by atoms with Crippen LogP contribution < -0.4 is 15.4 Å². The molecule has 6 nitrogen and oxygen atoms in total. The van der Waals surface area contributed by atoms with E-state index in [1.54, 1.807) is 21.0 Å². The Hall–Kier alpha value is -1.76. The Morgan fingerprint density at radius 3 is 2.30 bits per heavy atom. The summed E-state index contributed by atoms with van der Waals surface area (Å²) in [6, 6.07) is 7.68. The number of ether oxygens (including phenoxy) is 1. The van der Waals surface area contributed by atoms with Crippen LogP contribution in [0.1, 0.15) is 26.3 Å². The molecule has 0 aliphatic heterocycles. The maximum atomic E-state index is 11.8. The number of nitrogens with one attached hydrogen (secondary N) is 2. The number of hydrogen-bond donors (Lipinski definition) is 2. The van der Waals surface area contributed by atoms with Gasteiger partial charge in [0.1, 0.15) is 5.75 Å². The molecule has 1 aromatic rings. The molecule has 0 spiro atoms. The van der Waals surface area contributed by atoms with E-state index < -0.39 is 14.6 Å². The Labute approximate surface area is 139 Å². The molecular weight excluding hydrogens is 314 g/mol. The van der Waals surface area contributed by atoms with Gasteiger partial charge in [0.25, 0.3) is 0 Å². The number of nitrogens with zero attached hydrogens (tertiary/aromatic N) is 1. The summed E-state index contributed by atoms with van der Waals surface area (Å²) in [5, 5.41) is 6.21. The molecule has 2 N–H and O–H groups in total. The van der Waals surface area contributed by atoms with Gasteiger partial charge in [-0.3, -0.25) is 0 Å². The minimum absolute atomic E-state index is 0.292. The van der Waals surface area contributed by atoms with Crippen molar-refractivity contribution < 1.29 is 13.2 Å². The summed E-state index contributed by atoms with van der Waals surface area (Å²) < 4.78 is 27.8. The fraction of sp³-hybridized carbons (Fsp3) is 0.562. The van der Waals surface area contributed by atoms with Crippen molar-refractivity contribution in [2.75, 3.05) is 26.5 Å². The minimum Gasteiger partial charge on any atom is -0.497 e. The van der Waals surface area contributed by atoms with E-state index in [9.17, 15) is 8.42 Å². The summed E-state index contributed by atoms with van der Waals surface area (Å²) in [4.78, 5) is 4.48. The number of methoxy groups -OCH3 is 1. The first kappa shape index (κ1) is 19.3. The van der Waals surface area contributed by atoms with Crippen LogP contribution in [0, 0.1) is 0 Å². The molecule has 0 aromatic heterocycles. The molecule has 0 saturated heterocycles. The molecule has 0 atom stereocenters. The molecule has 0 fully saturated rings. The lowest BCUT2D eigenvalue weighted by molar-refractivity contribution is 0.414. The number of hydrogen-bond acceptors (Lipinski definition) is 4. The van der Waals surface area contributed by atoms with Crippen LogP contribution in [0.25, 0.3) is 0 Å². The molecule has 0 radical (unpaired) electrons. The summed E-state index contributed by atoms with van der Waals surface area (Å²) in [7, 11) is -1.52. The highest BCUT2D eigenvalue weighted by atomic mass is 32.2. The first-order chi connectivity index (χ1) is 10.7. The average molecular weight is 341 g/mol. The van der Waals surface area contributed by atoms with Crippen molar-refractivity contribution in [3.8, 4) is 5.75 Å². The third-order valence-corrected chi connectivity index (χ3v) is 5.76. The van der Waals surface area contributed by atoms with Gasteiger partial charge in [0, 0.05) is 19.3 Å². The second-order valence-electron chi connectivity index (χ2n) is 5.93. The molecule has 0 unspecified atom stereocenters. The first-order valence-corrected chi connectivity index (χ1v) is 9.43. The van der Waals surface area contributed by atoms with Gasteiger partial charge in [-0.25, -0.2) is 13.4 Å². The summed E-state index contributed by atoms with van der Waals surface area (Å²) in [6.07, 6.45) is 1.25. The monoisotopic (exact) mass is 341 g/mol. The smallest absolute Gasteiger partial charge is 0.191 e. The standard InChI is InChI=1S/C16H27N3O3S/c1-6-17-15(19-12-16(2,3)23(5,20)21)18-11-13-7-9-14(22-4)10-8-13/h7-10H,6,11-12H2,1-5H3,(H2,17,18,19). The van der Waals surface area contributed by atoms with Gasteiger partial charge < -0.3 is 15.4 Å². The van der Waals surface area contributed by atoms with Crippen LogP contribution in [0.3, 0.4) is 0 Å². The highest BCUT2D eigenvalue weighted by Gasteiger charge is 2.30. The van der Waals surface area contributed by atoms with Gasteiger partial charge in [-0.05, 0) is 38.5 Å². The third kappa shape index (κ3) is 6.09. The van der Waals surface area contributed by atoms with Crippen LogP contribution >= 0.6 is 0 Å².